The Morgan fingerprint density at radius 3 is 2.36 bits per heavy atom. The van der Waals surface area contributed by atoms with Gasteiger partial charge in [0.05, 0.1) is 23.6 Å². The fourth-order valence-electron chi connectivity index (χ4n) is 3.69. The Bertz CT molecular complexity index is 1340. The molecule has 0 amide bonds. The van der Waals surface area contributed by atoms with Gasteiger partial charge in [-0.1, -0.05) is 24.3 Å². The minimum atomic E-state index is -3.57. The molecule has 1 atom stereocenters. The van der Waals surface area contributed by atoms with Gasteiger partial charge in [-0.15, -0.1) is 0 Å². The number of phenols is 1. The number of aromatic hydroxyl groups is 1. The maximum Gasteiger partial charge on any atom is 0.335 e. The molecular formula is C26H30N2O7S. The first-order valence-corrected chi connectivity index (χ1v) is 13.1. The van der Waals surface area contributed by atoms with Gasteiger partial charge in [0.2, 0.25) is 10.0 Å². The summed E-state index contributed by atoms with van der Waals surface area (Å²) in [4.78, 5) is 11.1. The first-order chi connectivity index (χ1) is 17.0. The molecule has 0 radical (unpaired) electrons. The number of benzene rings is 3. The zero-order chi connectivity index (χ0) is 26.5. The molecule has 0 aromatic heterocycles. The summed E-state index contributed by atoms with van der Waals surface area (Å²) in [5.74, 6) is -0.460. The molecule has 0 aliphatic carbocycles. The molecule has 0 saturated carbocycles. The summed E-state index contributed by atoms with van der Waals surface area (Å²) in [6.07, 6.45) is 0.0633. The number of phenolic OH excluding ortho intramolecular Hbond substituents is 1. The second kappa shape index (κ2) is 11.4. The largest absolute Gasteiger partial charge is 0.506 e. The molecule has 0 spiro atoms. The molecule has 3 rings (SSSR count). The summed E-state index contributed by atoms with van der Waals surface area (Å²) in [7, 11) is -3.57. The zero-order valence-electron chi connectivity index (χ0n) is 20.3. The third-order valence-electron chi connectivity index (χ3n) is 5.76. The quantitative estimate of drug-likeness (QED) is 0.193. The maximum absolute atomic E-state index is 11.4. The molecule has 5 N–H and O–H groups in total. The molecule has 0 saturated heterocycles. The van der Waals surface area contributed by atoms with Crippen LogP contribution in [-0.4, -0.2) is 55.7 Å². The van der Waals surface area contributed by atoms with E-state index >= 15 is 0 Å². The third-order valence-corrected chi connectivity index (χ3v) is 6.35. The SMILES string of the molecule is Cc1c(OCCNCC(O)c2ccc(O)c(NS(C)(=O)=O)c2)ccc(-c2ccc(C(=O)O)cc2)c1C. The smallest absolute Gasteiger partial charge is 0.335 e. The van der Waals surface area contributed by atoms with E-state index in [-0.39, 0.29) is 23.5 Å². The van der Waals surface area contributed by atoms with E-state index in [1.54, 1.807) is 24.3 Å². The van der Waals surface area contributed by atoms with Crippen LogP contribution in [0.4, 0.5) is 5.69 Å². The second-order valence-electron chi connectivity index (χ2n) is 8.46. The van der Waals surface area contributed by atoms with Crippen LogP contribution in [0.1, 0.15) is 33.2 Å². The van der Waals surface area contributed by atoms with E-state index in [1.807, 2.05) is 26.0 Å². The van der Waals surface area contributed by atoms with E-state index in [0.29, 0.717) is 18.7 Å². The van der Waals surface area contributed by atoms with Gasteiger partial charge in [0.1, 0.15) is 18.1 Å². The number of nitrogens with one attached hydrogen (secondary N) is 2. The number of carboxylic acids is 1. The van der Waals surface area contributed by atoms with Crippen molar-refractivity contribution in [3.63, 3.8) is 0 Å². The fourth-order valence-corrected chi connectivity index (χ4v) is 4.25. The predicted molar refractivity (Wildman–Crippen MR) is 138 cm³/mol. The zero-order valence-corrected chi connectivity index (χ0v) is 21.1. The summed E-state index contributed by atoms with van der Waals surface area (Å²) < 4.78 is 31.0. The number of rotatable bonds is 11. The number of aliphatic hydroxyl groups is 1. The Labute approximate surface area is 210 Å². The number of aromatic carboxylic acids is 1. The molecule has 3 aromatic rings. The van der Waals surface area contributed by atoms with Gasteiger partial charge in [-0.05, 0) is 72.0 Å². The summed E-state index contributed by atoms with van der Waals surface area (Å²) in [5, 5.41) is 32.4. The number of aliphatic hydroxyl groups excluding tert-OH is 1. The molecule has 36 heavy (non-hydrogen) atoms. The predicted octanol–water partition coefficient (Wildman–Crippen LogP) is 3.45. The van der Waals surface area contributed by atoms with E-state index in [2.05, 4.69) is 10.0 Å². The average Bonchev–Trinajstić information content (AvgIpc) is 2.82. The van der Waals surface area contributed by atoms with Gasteiger partial charge in [0.15, 0.2) is 0 Å². The van der Waals surface area contributed by atoms with Crippen molar-refractivity contribution in [2.75, 3.05) is 30.7 Å². The van der Waals surface area contributed by atoms with Gasteiger partial charge in [-0.3, -0.25) is 4.72 Å². The van der Waals surface area contributed by atoms with Crippen LogP contribution in [0.3, 0.4) is 0 Å². The molecule has 0 aliphatic rings. The monoisotopic (exact) mass is 514 g/mol. The Morgan fingerprint density at radius 1 is 1.03 bits per heavy atom. The molecule has 0 fully saturated rings. The standard InChI is InChI=1S/C26H30N2O7S/c1-16-17(2)25(11-9-21(16)18-4-6-19(7-5-18)26(31)32)35-13-12-27-15-24(30)20-8-10-23(29)22(14-20)28-36(3,33)34/h4-11,14,24,27-30H,12-13,15H2,1-3H3,(H,31,32). The third kappa shape index (κ3) is 6.97. The lowest BCUT2D eigenvalue weighted by molar-refractivity contribution is 0.0697. The topological polar surface area (TPSA) is 145 Å². The van der Waals surface area contributed by atoms with Gasteiger partial charge in [0.25, 0.3) is 0 Å². The Morgan fingerprint density at radius 2 is 1.72 bits per heavy atom. The lowest BCUT2D eigenvalue weighted by Crippen LogP contribution is -2.26. The normalized spacial score (nSPS) is 12.2. The Balaban J connectivity index is 1.54. The molecule has 9 nitrogen and oxygen atoms in total. The molecule has 192 valence electrons. The van der Waals surface area contributed by atoms with Crippen LogP contribution in [0.5, 0.6) is 11.5 Å². The van der Waals surface area contributed by atoms with Gasteiger partial charge >= 0.3 is 5.97 Å². The Hall–Kier alpha value is -3.60. The molecule has 1 unspecified atom stereocenters. The van der Waals surface area contributed by atoms with Crippen molar-refractivity contribution in [3.05, 3.63) is 76.9 Å². The number of carbonyl (C=O) groups is 1. The van der Waals surface area contributed by atoms with E-state index in [1.165, 1.54) is 18.2 Å². The van der Waals surface area contributed by atoms with Gasteiger partial charge < -0.3 is 25.4 Å². The van der Waals surface area contributed by atoms with Crippen molar-refractivity contribution >= 4 is 21.7 Å². The number of ether oxygens (including phenoxy) is 1. The molecular weight excluding hydrogens is 484 g/mol. The summed E-state index contributed by atoms with van der Waals surface area (Å²) in [6.45, 7) is 4.97. The van der Waals surface area contributed by atoms with Crippen LogP contribution in [-0.2, 0) is 10.0 Å². The molecule has 0 bridgehead atoms. The maximum atomic E-state index is 11.4. The van der Waals surface area contributed by atoms with Gasteiger partial charge in [-0.2, -0.15) is 0 Å². The van der Waals surface area contributed by atoms with Crippen molar-refractivity contribution in [2.24, 2.45) is 0 Å². The highest BCUT2D eigenvalue weighted by molar-refractivity contribution is 7.92. The van der Waals surface area contributed by atoms with Crippen LogP contribution >= 0.6 is 0 Å². The lowest BCUT2D eigenvalue weighted by atomic mass is 9.96. The number of sulfonamides is 1. The van der Waals surface area contributed by atoms with Crippen LogP contribution in [0.2, 0.25) is 0 Å². The lowest BCUT2D eigenvalue weighted by Gasteiger charge is -2.16. The van der Waals surface area contributed by atoms with Crippen molar-refractivity contribution in [1.82, 2.24) is 5.32 Å². The highest BCUT2D eigenvalue weighted by Gasteiger charge is 2.14. The summed E-state index contributed by atoms with van der Waals surface area (Å²) >= 11 is 0. The number of hydrogen-bond donors (Lipinski definition) is 5. The number of carboxylic acid groups (broad SMARTS) is 1. The summed E-state index contributed by atoms with van der Waals surface area (Å²) in [6, 6.07) is 14.8. The highest BCUT2D eigenvalue weighted by atomic mass is 32.2. The van der Waals surface area contributed by atoms with Gasteiger partial charge in [0, 0.05) is 13.1 Å². The molecule has 0 heterocycles. The van der Waals surface area contributed by atoms with Crippen LogP contribution in [0.15, 0.2) is 54.6 Å². The fraction of sp³-hybridized carbons (Fsp3) is 0.269. The minimum absolute atomic E-state index is 0.00417. The van der Waals surface area contributed by atoms with Crippen LogP contribution in [0.25, 0.3) is 11.1 Å². The first kappa shape index (κ1) is 27.0. The average molecular weight is 515 g/mol. The number of anilines is 1. The van der Waals surface area contributed by atoms with E-state index in [4.69, 9.17) is 9.84 Å². The van der Waals surface area contributed by atoms with E-state index < -0.39 is 22.1 Å². The van der Waals surface area contributed by atoms with Crippen molar-refractivity contribution < 1.29 is 33.3 Å². The number of hydrogen-bond acceptors (Lipinski definition) is 7. The van der Waals surface area contributed by atoms with Crippen molar-refractivity contribution in [2.45, 2.75) is 20.0 Å². The molecule has 10 heteroatoms. The second-order valence-corrected chi connectivity index (χ2v) is 10.2. The van der Waals surface area contributed by atoms with Crippen molar-refractivity contribution in [1.29, 1.82) is 0 Å². The van der Waals surface area contributed by atoms with Crippen LogP contribution < -0.4 is 14.8 Å². The van der Waals surface area contributed by atoms with E-state index in [0.717, 1.165) is 34.3 Å². The highest BCUT2D eigenvalue weighted by Crippen LogP contribution is 2.31. The first-order valence-electron chi connectivity index (χ1n) is 11.2. The molecule has 0 aliphatic heterocycles. The Kier molecular flexibility index (Phi) is 8.57. The minimum Gasteiger partial charge on any atom is -0.506 e. The van der Waals surface area contributed by atoms with Gasteiger partial charge in [-0.25, -0.2) is 13.2 Å². The van der Waals surface area contributed by atoms with Crippen LogP contribution in [0, 0.1) is 13.8 Å². The van der Waals surface area contributed by atoms with E-state index in [9.17, 15) is 23.4 Å². The summed E-state index contributed by atoms with van der Waals surface area (Å²) in [5.41, 5.74) is 4.62. The molecule has 3 aromatic carbocycles. The van der Waals surface area contributed by atoms with Crippen molar-refractivity contribution in [3.8, 4) is 22.6 Å².